The number of anilines is 1. The van der Waals surface area contributed by atoms with Crippen molar-refractivity contribution in [3.63, 3.8) is 0 Å². The van der Waals surface area contributed by atoms with Crippen LogP contribution in [0.4, 0.5) is 5.82 Å². The minimum Gasteiger partial charge on any atom is -0.469 e. The lowest BCUT2D eigenvalue weighted by Gasteiger charge is -2.17. The van der Waals surface area contributed by atoms with E-state index in [-0.39, 0.29) is 6.79 Å². The molecule has 0 bridgehead atoms. The van der Waals surface area contributed by atoms with Crippen molar-refractivity contribution in [3.05, 3.63) is 66.2 Å². The molecule has 28 heavy (non-hydrogen) atoms. The van der Waals surface area contributed by atoms with Crippen molar-refractivity contribution in [3.8, 4) is 11.5 Å². The maximum absolute atomic E-state index is 10.3. The number of aliphatic hydroxyl groups excluding tert-OH is 1. The van der Waals surface area contributed by atoms with Gasteiger partial charge in [0.2, 0.25) is 12.2 Å². The Morgan fingerprint density at radius 2 is 2.18 bits per heavy atom. The molecule has 1 saturated heterocycles. The summed E-state index contributed by atoms with van der Waals surface area (Å²) in [7, 11) is 0. The Morgan fingerprint density at radius 1 is 1.29 bits per heavy atom. The van der Waals surface area contributed by atoms with E-state index in [1.54, 1.807) is 24.4 Å². The van der Waals surface area contributed by atoms with Crippen LogP contribution in [0, 0.1) is 0 Å². The molecule has 0 spiro atoms. The van der Waals surface area contributed by atoms with E-state index in [0.717, 1.165) is 16.7 Å². The first-order chi connectivity index (χ1) is 13.7. The topological polar surface area (TPSA) is 102 Å². The average molecular weight is 380 g/mol. The maximum atomic E-state index is 10.3. The molecule has 8 heteroatoms. The summed E-state index contributed by atoms with van der Waals surface area (Å²) in [6.45, 7) is 2.51. The fourth-order valence-corrected chi connectivity index (χ4v) is 2.74. The highest BCUT2D eigenvalue weighted by Crippen LogP contribution is 2.25. The lowest BCUT2D eigenvalue weighted by Crippen LogP contribution is -2.35. The predicted octanol–water partition coefficient (Wildman–Crippen LogP) is 2.96. The Morgan fingerprint density at radius 3 is 2.96 bits per heavy atom. The van der Waals surface area contributed by atoms with Gasteiger partial charge in [-0.15, -0.1) is 0 Å². The van der Waals surface area contributed by atoms with Crippen molar-refractivity contribution in [2.24, 2.45) is 0 Å². The quantitative estimate of drug-likeness (QED) is 0.561. The Bertz CT molecular complexity index is 987. The fraction of sp³-hybridized carbons (Fsp3) is 0.200. The smallest absolute Gasteiger partial charge is 0.227 e. The summed E-state index contributed by atoms with van der Waals surface area (Å²) < 4.78 is 16.2. The van der Waals surface area contributed by atoms with E-state index in [1.807, 2.05) is 37.3 Å². The molecule has 1 aliphatic heterocycles. The summed E-state index contributed by atoms with van der Waals surface area (Å²) in [6.07, 6.45) is 4.17. The molecule has 8 nitrogen and oxygen atoms in total. The number of aliphatic hydroxyl groups is 1. The van der Waals surface area contributed by atoms with E-state index in [4.69, 9.17) is 13.9 Å². The van der Waals surface area contributed by atoms with Gasteiger partial charge < -0.3 is 29.6 Å². The molecule has 1 fully saturated rings. The van der Waals surface area contributed by atoms with E-state index < -0.39 is 6.35 Å². The van der Waals surface area contributed by atoms with Crippen molar-refractivity contribution in [1.29, 1.82) is 0 Å². The number of para-hydroxylation sites is 2. The number of aromatic nitrogens is 2. The van der Waals surface area contributed by atoms with Crippen molar-refractivity contribution in [2.75, 3.05) is 18.7 Å². The van der Waals surface area contributed by atoms with Gasteiger partial charge in [0, 0.05) is 23.5 Å². The van der Waals surface area contributed by atoms with Crippen LogP contribution < -0.4 is 10.6 Å². The fourth-order valence-electron chi connectivity index (χ4n) is 2.74. The first-order valence-corrected chi connectivity index (χ1v) is 8.82. The second-order valence-corrected chi connectivity index (χ2v) is 6.07. The van der Waals surface area contributed by atoms with Crippen LogP contribution in [-0.4, -0.2) is 34.8 Å². The number of nitrogens with zero attached hydrogens (tertiary/aromatic N) is 2. The van der Waals surface area contributed by atoms with E-state index in [1.165, 1.54) is 0 Å². The van der Waals surface area contributed by atoms with Gasteiger partial charge in [-0.2, -0.15) is 0 Å². The van der Waals surface area contributed by atoms with E-state index in [0.29, 0.717) is 29.8 Å². The molecule has 3 heterocycles. The minimum atomic E-state index is -1.06. The first kappa shape index (κ1) is 18.0. The molecule has 4 rings (SSSR count). The Kier molecular flexibility index (Phi) is 5.22. The predicted molar refractivity (Wildman–Crippen MR) is 104 cm³/mol. The number of hydrogen-bond acceptors (Lipinski definition) is 8. The van der Waals surface area contributed by atoms with Crippen LogP contribution in [0.15, 0.2) is 70.6 Å². The van der Waals surface area contributed by atoms with Crippen LogP contribution in [-0.2, 0) is 9.47 Å². The highest BCUT2D eigenvalue weighted by molar-refractivity contribution is 5.76. The van der Waals surface area contributed by atoms with Gasteiger partial charge >= 0.3 is 0 Å². The monoisotopic (exact) mass is 380 g/mol. The molecule has 1 unspecified atom stereocenters. The van der Waals surface area contributed by atoms with Gasteiger partial charge in [0.05, 0.1) is 0 Å². The minimum absolute atomic E-state index is 0.246. The van der Waals surface area contributed by atoms with Gasteiger partial charge in [-0.3, -0.25) is 0 Å². The second kappa shape index (κ2) is 8.12. The Labute approximate surface area is 161 Å². The van der Waals surface area contributed by atoms with Crippen LogP contribution in [0.2, 0.25) is 0 Å². The molecule has 0 amide bonds. The number of pyridine rings is 1. The zero-order chi connectivity index (χ0) is 19.3. The lowest BCUT2D eigenvalue weighted by atomic mass is 10.2. The second-order valence-electron chi connectivity index (χ2n) is 6.07. The summed E-state index contributed by atoms with van der Waals surface area (Å²) in [4.78, 5) is 8.71. The normalized spacial score (nSPS) is 16.9. The van der Waals surface area contributed by atoms with Crippen molar-refractivity contribution in [1.82, 2.24) is 15.3 Å². The molecule has 0 aliphatic carbocycles. The molecule has 1 aliphatic rings. The number of rotatable bonds is 6. The zero-order valence-corrected chi connectivity index (χ0v) is 15.3. The van der Waals surface area contributed by atoms with E-state index >= 15 is 0 Å². The molecule has 144 valence electrons. The summed E-state index contributed by atoms with van der Waals surface area (Å²) in [5.41, 5.74) is 2.95. The van der Waals surface area contributed by atoms with Gasteiger partial charge in [0.1, 0.15) is 23.7 Å². The highest BCUT2D eigenvalue weighted by Gasteiger charge is 2.12. The maximum Gasteiger partial charge on any atom is 0.227 e. The van der Waals surface area contributed by atoms with Crippen molar-refractivity contribution >= 4 is 16.9 Å². The molecule has 0 saturated carbocycles. The van der Waals surface area contributed by atoms with Crippen molar-refractivity contribution in [2.45, 2.75) is 13.3 Å². The number of ether oxygens (including phenoxy) is 2. The zero-order valence-electron chi connectivity index (χ0n) is 15.3. The van der Waals surface area contributed by atoms with Crippen LogP contribution >= 0.6 is 0 Å². The number of benzene rings is 1. The Hall–Kier alpha value is -3.36. The number of fused-ring (bicyclic) bond motifs is 1. The number of nitrogens with one attached hydrogen (secondary N) is 2. The molecular weight excluding hydrogens is 360 g/mol. The molecule has 1 aromatic carbocycles. The third-order valence-electron chi connectivity index (χ3n) is 4.09. The van der Waals surface area contributed by atoms with Crippen LogP contribution in [0.25, 0.3) is 22.6 Å². The first-order valence-electron chi connectivity index (χ1n) is 8.82. The van der Waals surface area contributed by atoms with E-state index in [9.17, 15) is 5.11 Å². The van der Waals surface area contributed by atoms with Gasteiger partial charge in [0.25, 0.3) is 0 Å². The van der Waals surface area contributed by atoms with Crippen molar-refractivity contribution < 1.29 is 19.0 Å². The summed E-state index contributed by atoms with van der Waals surface area (Å²) >= 11 is 0. The average Bonchev–Trinajstić information content (AvgIpc) is 3.37. The molecule has 2 aromatic heterocycles. The third-order valence-corrected chi connectivity index (χ3v) is 4.09. The summed E-state index contributed by atoms with van der Waals surface area (Å²) in [5.74, 6) is 1.67. The largest absolute Gasteiger partial charge is 0.469 e. The van der Waals surface area contributed by atoms with E-state index in [2.05, 4.69) is 20.6 Å². The van der Waals surface area contributed by atoms with Crippen LogP contribution in [0.5, 0.6) is 0 Å². The summed E-state index contributed by atoms with van der Waals surface area (Å²) in [6, 6.07) is 11.1. The number of oxazole rings is 1. The Balaban J connectivity index is 1.46. The molecule has 3 N–H and O–H groups in total. The molecule has 0 radical (unpaired) electrons. The standard InChI is InChI=1S/C20H20N4O4/c1-2-14(10-15-11-26-12-27-15)22-20(25)24-18-9-13(7-8-21-18)19-23-16-5-3-4-6-17(16)28-19/h2-10,20,22,25H,11-12H2,1H3,(H,21,24)/b14-2+,15-10+. The highest BCUT2D eigenvalue weighted by atomic mass is 16.7. The van der Waals surface area contributed by atoms with Crippen LogP contribution in [0.3, 0.4) is 0 Å². The number of hydrogen-bond donors (Lipinski definition) is 3. The van der Waals surface area contributed by atoms with Gasteiger partial charge in [-0.05, 0) is 31.2 Å². The summed E-state index contributed by atoms with van der Waals surface area (Å²) in [5, 5.41) is 16.1. The third kappa shape index (κ3) is 4.13. The van der Waals surface area contributed by atoms with Gasteiger partial charge in [0.15, 0.2) is 12.4 Å². The molecule has 1 atom stereocenters. The van der Waals surface area contributed by atoms with Crippen LogP contribution in [0.1, 0.15) is 6.92 Å². The SMILES string of the molecule is C/C=C(\C=C1/COCO1)NC(O)Nc1cc(-c2nc3ccccc3o2)ccn1. The lowest BCUT2D eigenvalue weighted by molar-refractivity contribution is 0.0799. The number of allylic oxidation sites excluding steroid dienone is 2. The molecule has 3 aromatic rings. The molecular formula is C20H20N4O4. The van der Waals surface area contributed by atoms with Gasteiger partial charge in [-0.1, -0.05) is 18.2 Å². The van der Waals surface area contributed by atoms with Gasteiger partial charge in [-0.25, -0.2) is 9.97 Å².